The maximum absolute atomic E-state index is 5.79. The highest BCUT2D eigenvalue weighted by atomic mass is 14.8. The summed E-state index contributed by atoms with van der Waals surface area (Å²) in [7, 11) is 0. The van der Waals surface area contributed by atoms with Crippen LogP contribution < -0.4 is 5.73 Å². The summed E-state index contributed by atoms with van der Waals surface area (Å²) in [6.07, 6.45) is 4.52. The molecule has 2 aromatic rings. The number of hydrogen-bond donors (Lipinski definition) is 1. The lowest BCUT2D eigenvalue weighted by atomic mass is 9.99. The highest BCUT2D eigenvalue weighted by molar-refractivity contribution is 5.91. The van der Waals surface area contributed by atoms with Gasteiger partial charge in [0.15, 0.2) is 0 Å². The summed E-state index contributed by atoms with van der Waals surface area (Å²) in [6, 6.07) is 12.7. The molecule has 0 atom stereocenters. The van der Waals surface area contributed by atoms with Crippen LogP contribution in [0.25, 0.3) is 16.8 Å². The lowest BCUT2D eigenvalue weighted by molar-refractivity contribution is 1.29. The van der Waals surface area contributed by atoms with Crippen molar-refractivity contribution in [2.24, 2.45) is 10.7 Å². The molecule has 0 saturated heterocycles. The molecule has 0 saturated carbocycles. The second kappa shape index (κ2) is 3.49. The van der Waals surface area contributed by atoms with Crippen LogP contribution in [0.4, 0.5) is 0 Å². The fraction of sp³-hybridized carbons (Fsp3) is 0.0714. The molecule has 0 bridgehead atoms. The number of nitrogens with zero attached hydrogens (tertiary/aromatic N) is 1. The van der Waals surface area contributed by atoms with Crippen molar-refractivity contribution in [2.45, 2.75) is 6.42 Å². The Labute approximate surface area is 94.1 Å². The van der Waals surface area contributed by atoms with E-state index in [9.17, 15) is 0 Å². The van der Waals surface area contributed by atoms with E-state index >= 15 is 0 Å². The van der Waals surface area contributed by atoms with Crippen LogP contribution >= 0.6 is 0 Å². The molecule has 1 aliphatic heterocycles. The van der Waals surface area contributed by atoms with Crippen molar-refractivity contribution in [3.05, 3.63) is 53.7 Å². The SMILES string of the molecule is NC1=NC=Cc2cc3ccccc3cc2C1. The summed E-state index contributed by atoms with van der Waals surface area (Å²) >= 11 is 0. The Morgan fingerprint density at radius 3 is 2.62 bits per heavy atom. The predicted molar refractivity (Wildman–Crippen MR) is 68.3 cm³/mol. The first-order valence-electron chi connectivity index (χ1n) is 5.33. The molecule has 0 radical (unpaired) electrons. The van der Waals surface area contributed by atoms with E-state index in [-0.39, 0.29) is 0 Å². The van der Waals surface area contributed by atoms with Crippen LogP contribution in [0, 0.1) is 0 Å². The minimum absolute atomic E-state index is 0.672. The minimum atomic E-state index is 0.672. The number of fused-ring (bicyclic) bond motifs is 2. The van der Waals surface area contributed by atoms with E-state index in [4.69, 9.17) is 5.73 Å². The standard InChI is InChI=1S/C14H12N2/c15-14-9-13-8-11-4-2-1-3-10(11)7-12(13)5-6-16-14/h1-8H,9H2,(H2,15,16). The number of hydrogen-bond acceptors (Lipinski definition) is 2. The molecule has 0 spiro atoms. The molecule has 1 aliphatic rings. The molecule has 1 heterocycles. The zero-order valence-electron chi connectivity index (χ0n) is 8.85. The lowest BCUT2D eigenvalue weighted by Gasteiger charge is -2.06. The first kappa shape index (κ1) is 9.16. The third kappa shape index (κ3) is 1.48. The van der Waals surface area contributed by atoms with Crippen molar-refractivity contribution < 1.29 is 0 Å². The minimum Gasteiger partial charge on any atom is -0.387 e. The van der Waals surface area contributed by atoms with Gasteiger partial charge in [-0.15, -0.1) is 0 Å². The molecular weight excluding hydrogens is 196 g/mol. The van der Waals surface area contributed by atoms with Crippen LogP contribution in [0.5, 0.6) is 0 Å². The van der Waals surface area contributed by atoms with E-state index in [1.165, 1.54) is 21.9 Å². The summed E-state index contributed by atoms with van der Waals surface area (Å²) < 4.78 is 0. The largest absolute Gasteiger partial charge is 0.387 e. The van der Waals surface area contributed by atoms with Crippen molar-refractivity contribution in [3.63, 3.8) is 0 Å². The van der Waals surface area contributed by atoms with Gasteiger partial charge >= 0.3 is 0 Å². The molecule has 0 unspecified atom stereocenters. The monoisotopic (exact) mass is 208 g/mol. The van der Waals surface area contributed by atoms with Gasteiger partial charge in [-0.2, -0.15) is 0 Å². The molecule has 16 heavy (non-hydrogen) atoms. The van der Waals surface area contributed by atoms with Crippen LogP contribution in [-0.4, -0.2) is 5.84 Å². The Morgan fingerprint density at radius 1 is 1.06 bits per heavy atom. The Bertz CT molecular complexity index is 609. The van der Waals surface area contributed by atoms with Crippen molar-refractivity contribution in [1.29, 1.82) is 0 Å². The quantitative estimate of drug-likeness (QED) is 0.710. The predicted octanol–water partition coefficient (Wildman–Crippen LogP) is 2.72. The van der Waals surface area contributed by atoms with Crippen LogP contribution in [0.2, 0.25) is 0 Å². The molecule has 0 aromatic heterocycles. The third-order valence-electron chi connectivity index (χ3n) is 2.87. The summed E-state index contributed by atoms with van der Waals surface area (Å²) in [5, 5.41) is 2.51. The molecule has 2 aromatic carbocycles. The maximum atomic E-state index is 5.79. The average Bonchev–Trinajstić information content (AvgIpc) is 2.46. The summed E-state index contributed by atoms with van der Waals surface area (Å²) in [6.45, 7) is 0. The van der Waals surface area contributed by atoms with E-state index in [2.05, 4.69) is 41.4 Å². The molecule has 3 rings (SSSR count). The number of aliphatic imine (C=N–C) groups is 1. The van der Waals surface area contributed by atoms with E-state index in [0.29, 0.717) is 5.84 Å². The molecule has 0 fully saturated rings. The Hall–Kier alpha value is -2.09. The third-order valence-corrected chi connectivity index (χ3v) is 2.87. The second-order valence-electron chi connectivity index (χ2n) is 4.01. The molecule has 0 aliphatic carbocycles. The zero-order chi connectivity index (χ0) is 11.0. The normalized spacial score (nSPS) is 14.4. The van der Waals surface area contributed by atoms with Crippen LogP contribution in [0.3, 0.4) is 0 Å². The Balaban J connectivity index is 2.26. The van der Waals surface area contributed by atoms with Crippen molar-refractivity contribution in [1.82, 2.24) is 0 Å². The van der Waals surface area contributed by atoms with Gasteiger partial charge in [0.25, 0.3) is 0 Å². The first-order chi connectivity index (χ1) is 7.83. The van der Waals surface area contributed by atoms with Gasteiger partial charge in [-0.1, -0.05) is 30.3 Å². The number of amidine groups is 1. The van der Waals surface area contributed by atoms with Gasteiger partial charge in [0.1, 0.15) is 5.84 Å². The molecule has 2 nitrogen and oxygen atoms in total. The maximum Gasteiger partial charge on any atom is 0.103 e. The first-order valence-corrected chi connectivity index (χ1v) is 5.33. The van der Waals surface area contributed by atoms with E-state index in [1.54, 1.807) is 6.20 Å². The molecular formula is C14H12N2. The average molecular weight is 208 g/mol. The zero-order valence-corrected chi connectivity index (χ0v) is 8.85. The van der Waals surface area contributed by atoms with Gasteiger partial charge in [-0.3, -0.25) is 0 Å². The second-order valence-corrected chi connectivity index (χ2v) is 4.01. The summed E-state index contributed by atoms with van der Waals surface area (Å²) in [5.74, 6) is 0.672. The van der Waals surface area contributed by atoms with Crippen LogP contribution in [0.1, 0.15) is 11.1 Å². The molecule has 2 heteroatoms. The molecule has 2 N–H and O–H groups in total. The van der Waals surface area contributed by atoms with Gasteiger partial charge in [-0.05, 0) is 34.0 Å². The van der Waals surface area contributed by atoms with Gasteiger partial charge in [0, 0.05) is 12.6 Å². The number of nitrogens with two attached hydrogens (primary N) is 1. The summed E-state index contributed by atoms with van der Waals surface area (Å²) in [5.41, 5.74) is 8.25. The van der Waals surface area contributed by atoms with Crippen LogP contribution in [0.15, 0.2) is 47.6 Å². The number of rotatable bonds is 0. The fourth-order valence-corrected chi connectivity index (χ4v) is 2.07. The molecule has 78 valence electrons. The van der Waals surface area contributed by atoms with Crippen molar-refractivity contribution >= 4 is 22.7 Å². The summed E-state index contributed by atoms with van der Waals surface area (Å²) in [4.78, 5) is 4.14. The van der Waals surface area contributed by atoms with E-state index in [1.807, 2.05) is 6.08 Å². The number of benzene rings is 2. The van der Waals surface area contributed by atoms with Gasteiger partial charge in [-0.25, -0.2) is 4.99 Å². The molecule has 0 amide bonds. The van der Waals surface area contributed by atoms with Gasteiger partial charge in [0.2, 0.25) is 0 Å². The smallest absolute Gasteiger partial charge is 0.103 e. The van der Waals surface area contributed by atoms with Gasteiger partial charge < -0.3 is 5.73 Å². The fourth-order valence-electron chi connectivity index (χ4n) is 2.07. The highest BCUT2D eigenvalue weighted by Crippen LogP contribution is 2.23. The van der Waals surface area contributed by atoms with Crippen molar-refractivity contribution in [3.8, 4) is 0 Å². The van der Waals surface area contributed by atoms with Crippen molar-refractivity contribution in [2.75, 3.05) is 0 Å². The van der Waals surface area contributed by atoms with E-state index < -0.39 is 0 Å². The van der Waals surface area contributed by atoms with Crippen LogP contribution in [-0.2, 0) is 6.42 Å². The van der Waals surface area contributed by atoms with E-state index in [0.717, 1.165) is 6.42 Å². The topological polar surface area (TPSA) is 38.4 Å². The Kier molecular flexibility index (Phi) is 2.00. The lowest BCUT2D eigenvalue weighted by Crippen LogP contribution is -2.14. The Morgan fingerprint density at radius 2 is 1.81 bits per heavy atom. The van der Waals surface area contributed by atoms with Gasteiger partial charge in [0.05, 0.1) is 0 Å². The highest BCUT2D eigenvalue weighted by Gasteiger charge is 2.06.